The highest BCUT2D eigenvalue weighted by Gasteiger charge is 2.36. The predicted molar refractivity (Wildman–Crippen MR) is 179 cm³/mol. The molecule has 2 aliphatic heterocycles. The number of amides is 1. The summed E-state index contributed by atoms with van der Waals surface area (Å²) >= 11 is 6.42. The van der Waals surface area contributed by atoms with Crippen LogP contribution in [0.4, 0.5) is 17.1 Å². The summed E-state index contributed by atoms with van der Waals surface area (Å²) in [5.41, 5.74) is 6.78. The lowest BCUT2D eigenvalue weighted by Crippen LogP contribution is -2.36. The number of hydrogen-bond acceptors (Lipinski definition) is 6. The molecule has 1 saturated heterocycles. The van der Waals surface area contributed by atoms with E-state index in [2.05, 4.69) is 32.3 Å². The third-order valence-corrected chi connectivity index (χ3v) is 10.2. The van der Waals surface area contributed by atoms with Crippen molar-refractivity contribution in [3.05, 3.63) is 139 Å². The first kappa shape index (κ1) is 27.5. The summed E-state index contributed by atoms with van der Waals surface area (Å²) in [7, 11) is 1.97. The van der Waals surface area contributed by atoms with Crippen molar-refractivity contribution < 1.29 is 4.79 Å². The summed E-state index contributed by atoms with van der Waals surface area (Å²) in [6.07, 6.45) is 0. The number of amidine groups is 1. The molecule has 2 aliphatic rings. The average molecular weight is 667 g/mol. The zero-order valence-corrected chi connectivity index (χ0v) is 26.1. The van der Waals surface area contributed by atoms with Crippen LogP contribution in [0, 0.1) is 0 Å². The number of para-hydroxylation sites is 2. The number of anilines is 2. The molecule has 7 rings (SSSR count). The number of hydrazine groups is 1. The van der Waals surface area contributed by atoms with Gasteiger partial charge < -0.3 is 4.90 Å². The van der Waals surface area contributed by atoms with Gasteiger partial charge in [-0.05, 0) is 48.0 Å². The van der Waals surface area contributed by atoms with E-state index in [1.165, 1.54) is 16.3 Å². The summed E-state index contributed by atoms with van der Waals surface area (Å²) in [4.78, 5) is 36.6. The number of benzene rings is 4. The van der Waals surface area contributed by atoms with Crippen LogP contribution in [0.2, 0.25) is 0 Å². The van der Waals surface area contributed by atoms with Crippen molar-refractivity contribution in [3.63, 3.8) is 0 Å². The minimum atomic E-state index is -0.282. The SMILES string of the molecule is CN1C(=c2sc(=C3C(=O)N(c4ccccc4)NC3=Nc3cccc(Br)c3)n(Cc3ccccc3)c2=O)Sc2ccccc21. The third kappa shape index (κ3) is 5.11. The van der Waals surface area contributed by atoms with Gasteiger partial charge in [0.2, 0.25) is 0 Å². The molecule has 0 saturated carbocycles. The van der Waals surface area contributed by atoms with Crippen LogP contribution in [0.3, 0.4) is 0 Å². The fourth-order valence-corrected chi connectivity index (χ4v) is 7.95. The molecule has 1 aromatic heterocycles. The Balaban J connectivity index is 1.52. The number of nitrogens with one attached hydrogen (secondary N) is 1. The van der Waals surface area contributed by atoms with Gasteiger partial charge in [-0.3, -0.25) is 19.6 Å². The molecule has 1 amide bonds. The van der Waals surface area contributed by atoms with Crippen LogP contribution >= 0.6 is 39.0 Å². The zero-order valence-electron chi connectivity index (χ0n) is 22.9. The van der Waals surface area contributed by atoms with Gasteiger partial charge in [0, 0.05) is 16.4 Å². The van der Waals surface area contributed by atoms with Gasteiger partial charge >= 0.3 is 0 Å². The molecule has 1 N–H and O–H groups in total. The van der Waals surface area contributed by atoms with Crippen LogP contribution in [0.1, 0.15) is 5.56 Å². The highest BCUT2D eigenvalue weighted by atomic mass is 79.9. The van der Waals surface area contributed by atoms with Crippen molar-refractivity contribution in [1.82, 2.24) is 9.99 Å². The molecule has 0 atom stereocenters. The topological polar surface area (TPSA) is 69.9 Å². The van der Waals surface area contributed by atoms with E-state index in [-0.39, 0.29) is 11.5 Å². The van der Waals surface area contributed by atoms with Crippen molar-refractivity contribution in [1.29, 1.82) is 0 Å². The molecule has 10 heteroatoms. The number of thioether (sulfide) groups is 1. The first-order chi connectivity index (χ1) is 21.0. The van der Waals surface area contributed by atoms with E-state index in [0.717, 1.165) is 25.6 Å². The lowest BCUT2D eigenvalue weighted by atomic mass is 10.2. The quantitative estimate of drug-likeness (QED) is 0.276. The summed E-state index contributed by atoms with van der Waals surface area (Å²) in [5.74, 6) is 0.0950. The Kier molecular flexibility index (Phi) is 7.26. The van der Waals surface area contributed by atoms with Gasteiger partial charge in [0.25, 0.3) is 11.5 Å². The number of rotatable bonds is 4. The largest absolute Gasteiger partial charge is 0.337 e. The van der Waals surface area contributed by atoms with Gasteiger partial charge in [0.05, 0.1) is 23.6 Å². The molecule has 0 aliphatic carbocycles. The normalized spacial score (nSPS) is 17.9. The van der Waals surface area contributed by atoms with Gasteiger partial charge in [0.1, 0.15) is 19.8 Å². The van der Waals surface area contributed by atoms with Crippen molar-refractivity contribution in [2.45, 2.75) is 11.4 Å². The van der Waals surface area contributed by atoms with Crippen molar-refractivity contribution in [2.24, 2.45) is 4.99 Å². The third-order valence-electron chi connectivity index (χ3n) is 7.15. The van der Waals surface area contributed by atoms with Crippen molar-refractivity contribution in [3.8, 4) is 0 Å². The Bertz CT molecular complexity index is 2090. The summed E-state index contributed by atoms with van der Waals surface area (Å²) in [5, 5.41) is 2.33. The van der Waals surface area contributed by atoms with Crippen LogP contribution in [-0.4, -0.2) is 23.4 Å². The van der Waals surface area contributed by atoms with E-state index in [9.17, 15) is 9.59 Å². The lowest BCUT2D eigenvalue weighted by Gasteiger charge is -2.14. The number of thiazole rings is 1. The number of carbonyl (C=O) groups excluding carboxylic acids is 1. The van der Waals surface area contributed by atoms with E-state index in [1.54, 1.807) is 16.3 Å². The van der Waals surface area contributed by atoms with Crippen LogP contribution < -0.4 is 30.1 Å². The zero-order chi connectivity index (χ0) is 29.5. The first-order valence-electron chi connectivity index (χ1n) is 13.5. The molecule has 5 aromatic rings. The number of aromatic nitrogens is 1. The highest BCUT2D eigenvalue weighted by molar-refractivity contribution is 9.10. The Morgan fingerprint density at radius 3 is 2.33 bits per heavy atom. The Labute approximate surface area is 264 Å². The number of nitrogens with zero attached hydrogens (tertiary/aromatic N) is 4. The van der Waals surface area contributed by atoms with Crippen LogP contribution in [0.15, 0.2) is 128 Å². The molecule has 0 radical (unpaired) electrons. The Hall–Kier alpha value is -4.38. The molecular formula is C33H24BrN5O2S2. The Morgan fingerprint density at radius 1 is 0.860 bits per heavy atom. The molecule has 1 fully saturated rings. The molecule has 7 nitrogen and oxygen atoms in total. The van der Waals surface area contributed by atoms with Gasteiger partial charge in [-0.25, -0.2) is 10.0 Å². The van der Waals surface area contributed by atoms with E-state index < -0.39 is 0 Å². The maximum Gasteiger partial charge on any atom is 0.283 e. The minimum Gasteiger partial charge on any atom is -0.337 e. The number of fused-ring (bicyclic) bond motifs is 1. The van der Waals surface area contributed by atoms with Crippen LogP contribution in [0.5, 0.6) is 0 Å². The molecule has 0 unspecified atom stereocenters. The monoisotopic (exact) mass is 665 g/mol. The summed E-state index contributed by atoms with van der Waals surface area (Å²) in [6.45, 7) is 0.312. The predicted octanol–water partition coefficient (Wildman–Crippen LogP) is 5.46. The van der Waals surface area contributed by atoms with E-state index in [4.69, 9.17) is 4.99 Å². The molecule has 4 aromatic carbocycles. The number of halogens is 1. The molecule has 43 heavy (non-hydrogen) atoms. The van der Waals surface area contributed by atoms with Gasteiger partial charge in [-0.1, -0.05) is 94.4 Å². The minimum absolute atomic E-state index is 0.147. The van der Waals surface area contributed by atoms with Crippen LogP contribution in [-0.2, 0) is 11.3 Å². The van der Waals surface area contributed by atoms with Gasteiger partial charge in [-0.2, -0.15) is 0 Å². The lowest BCUT2D eigenvalue weighted by molar-refractivity contribution is -0.113. The molecule has 3 heterocycles. The molecule has 0 bridgehead atoms. The maximum atomic E-state index is 14.3. The van der Waals surface area contributed by atoms with Crippen molar-refractivity contribution >= 4 is 78.4 Å². The molecule has 212 valence electrons. The fourth-order valence-electron chi connectivity index (χ4n) is 5.08. The number of carbonyl (C=O) groups is 1. The second-order valence-corrected chi connectivity index (χ2v) is 12.9. The van der Waals surface area contributed by atoms with E-state index in [0.29, 0.717) is 38.5 Å². The standard InChI is InChI=1S/C33H24BrN5O2S2/c1-37-25-17-8-9-18-26(25)42-33(37)28-31(41)38(20-21-11-4-2-5-12-21)32(43-28)27-29(35-23-14-10-13-22(34)19-23)36-39(30(27)40)24-15-6-3-7-16-24/h2-19H,20H2,1H3,(H,35,36). The van der Waals surface area contributed by atoms with Gasteiger partial charge in [-0.15, -0.1) is 11.3 Å². The second kappa shape index (κ2) is 11.4. The fraction of sp³-hybridized carbons (Fsp3) is 0.0606. The van der Waals surface area contributed by atoms with E-state index >= 15 is 0 Å². The average Bonchev–Trinajstić information content (AvgIpc) is 3.64. The second-order valence-electron chi connectivity index (χ2n) is 9.95. The number of aliphatic imine (C=N–C) groups is 1. The smallest absolute Gasteiger partial charge is 0.283 e. The number of hydrogen-bond donors (Lipinski definition) is 1. The summed E-state index contributed by atoms with van der Waals surface area (Å²) in [6, 6.07) is 34.9. The molecule has 0 spiro atoms. The summed E-state index contributed by atoms with van der Waals surface area (Å²) < 4.78 is 3.71. The van der Waals surface area contributed by atoms with Crippen molar-refractivity contribution in [2.75, 3.05) is 17.0 Å². The Morgan fingerprint density at radius 2 is 1.58 bits per heavy atom. The van der Waals surface area contributed by atoms with Gasteiger partial charge in [0.15, 0.2) is 5.84 Å². The van der Waals surface area contributed by atoms with E-state index in [1.807, 2.05) is 110 Å². The van der Waals surface area contributed by atoms with Crippen LogP contribution in [0.25, 0.3) is 10.6 Å². The molecular weight excluding hydrogens is 642 g/mol. The maximum absolute atomic E-state index is 14.3. The first-order valence-corrected chi connectivity index (χ1v) is 15.9. The highest BCUT2D eigenvalue weighted by Crippen LogP contribution is 2.45.